The van der Waals surface area contributed by atoms with Gasteiger partial charge in [-0.1, -0.05) is 49.6 Å². The quantitative estimate of drug-likeness (QED) is 0.858. The Labute approximate surface area is 114 Å². The molecule has 0 spiro atoms. The minimum atomic E-state index is -0.887. The summed E-state index contributed by atoms with van der Waals surface area (Å²) in [7, 11) is 0. The molecule has 0 heterocycles. The zero-order valence-corrected chi connectivity index (χ0v) is 11.2. The minimum absolute atomic E-state index is 0.151. The van der Waals surface area contributed by atoms with Crippen LogP contribution in [0.4, 0.5) is 0 Å². The van der Waals surface area contributed by atoms with Gasteiger partial charge < -0.3 is 10.2 Å². The van der Waals surface area contributed by atoms with Gasteiger partial charge in [-0.2, -0.15) is 0 Å². The molecule has 2 atom stereocenters. The summed E-state index contributed by atoms with van der Waals surface area (Å²) in [6, 6.07) is 9.56. The van der Waals surface area contributed by atoms with Crippen molar-refractivity contribution in [2.75, 3.05) is 0 Å². The molecule has 3 heteroatoms. The second kappa shape index (κ2) is 6.71. The largest absolute Gasteiger partial charge is 0.481 e. The first-order chi connectivity index (χ1) is 9.18. The lowest BCUT2D eigenvalue weighted by molar-refractivity contribution is -0.147. The van der Waals surface area contributed by atoms with Crippen LogP contribution in [0, 0.1) is 11.8 Å². The molecule has 104 valence electrons. The maximum Gasteiger partial charge on any atom is 0.309 e. The van der Waals surface area contributed by atoms with Gasteiger partial charge in [-0.15, -0.1) is 0 Å². The van der Waals surface area contributed by atoms with Gasteiger partial charge in [-0.05, 0) is 30.7 Å². The lowest BCUT2D eigenvalue weighted by Crippen LogP contribution is -2.36. The summed E-state index contributed by atoms with van der Waals surface area (Å²) in [6.45, 7) is 0. The Morgan fingerprint density at radius 1 is 1.16 bits per heavy atom. The fourth-order valence-corrected chi connectivity index (χ4v) is 3.03. The maximum absolute atomic E-state index is 11.4. The van der Waals surface area contributed by atoms with E-state index in [1.807, 2.05) is 30.3 Å². The molecule has 3 nitrogen and oxygen atoms in total. The summed E-state index contributed by atoms with van der Waals surface area (Å²) in [5.41, 5.74) is 0.977. The van der Waals surface area contributed by atoms with Crippen LogP contribution in [0.15, 0.2) is 30.3 Å². The summed E-state index contributed by atoms with van der Waals surface area (Å²) in [5.74, 6) is -1.43. The summed E-state index contributed by atoms with van der Waals surface area (Å²) in [5, 5.41) is 19.8. The standard InChI is InChI=1S/C16H22O3/c17-15(13-9-5-2-6-10-13)14(16(18)19)11-12-7-3-1-4-8-12/h1,3-4,7-8,13-15,17H,2,5-6,9-11H2,(H,18,19)/t14-,15-/m0/s1. The van der Waals surface area contributed by atoms with Crippen LogP contribution < -0.4 is 0 Å². The molecule has 2 rings (SSSR count). The molecule has 1 saturated carbocycles. The van der Waals surface area contributed by atoms with Gasteiger partial charge in [-0.25, -0.2) is 0 Å². The van der Waals surface area contributed by atoms with Crippen molar-refractivity contribution >= 4 is 5.97 Å². The highest BCUT2D eigenvalue weighted by molar-refractivity contribution is 5.71. The number of benzene rings is 1. The van der Waals surface area contributed by atoms with Crippen molar-refractivity contribution < 1.29 is 15.0 Å². The second-order valence-electron chi connectivity index (χ2n) is 5.52. The van der Waals surface area contributed by atoms with Crippen LogP contribution in [0.2, 0.25) is 0 Å². The summed E-state index contributed by atoms with van der Waals surface area (Å²) in [4.78, 5) is 11.4. The highest BCUT2D eigenvalue weighted by Crippen LogP contribution is 2.30. The number of carboxylic acid groups (broad SMARTS) is 1. The number of aliphatic hydroxyl groups is 1. The van der Waals surface area contributed by atoms with Crippen molar-refractivity contribution in [3.05, 3.63) is 35.9 Å². The zero-order chi connectivity index (χ0) is 13.7. The molecule has 2 N–H and O–H groups in total. The van der Waals surface area contributed by atoms with E-state index < -0.39 is 18.0 Å². The Hall–Kier alpha value is -1.35. The number of hydrogen-bond acceptors (Lipinski definition) is 2. The highest BCUT2D eigenvalue weighted by Gasteiger charge is 2.33. The third kappa shape index (κ3) is 3.80. The first kappa shape index (κ1) is 14.1. The Bertz CT molecular complexity index is 396. The maximum atomic E-state index is 11.4. The Balaban J connectivity index is 2.04. The van der Waals surface area contributed by atoms with Crippen molar-refractivity contribution in [2.45, 2.75) is 44.6 Å². The van der Waals surface area contributed by atoms with Crippen LogP contribution in [0.3, 0.4) is 0 Å². The van der Waals surface area contributed by atoms with Crippen molar-refractivity contribution in [3.63, 3.8) is 0 Å². The van der Waals surface area contributed by atoms with Crippen LogP contribution in [-0.2, 0) is 11.2 Å². The van der Waals surface area contributed by atoms with E-state index in [0.717, 1.165) is 31.2 Å². The molecule has 1 aliphatic rings. The van der Waals surface area contributed by atoms with E-state index in [4.69, 9.17) is 0 Å². The highest BCUT2D eigenvalue weighted by atomic mass is 16.4. The number of aliphatic carboxylic acids is 1. The van der Waals surface area contributed by atoms with Gasteiger partial charge in [0.25, 0.3) is 0 Å². The fraction of sp³-hybridized carbons (Fsp3) is 0.562. The van der Waals surface area contributed by atoms with Gasteiger partial charge in [0.15, 0.2) is 0 Å². The van der Waals surface area contributed by atoms with E-state index in [1.54, 1.807) is 0 Å². The first-order valence-electron chi connectivity index (χ1n) is 7.13. The molecule has 1 fully saturated rings. The Kier molecular flexibility index (Phi) is 4.97. The number of carboxylic acids is 1. The topological polar surface area (TPSA) is 57.5 Å². The van der Waals surface area contributed by atoms with E-state index in [9.17, 15) is 15.0 Å². The van der Waals surface area contributed by atoms with Crippen LogP contribution in [0.1, 0.15) is 37.7 Å². The molecule has 19 heavy (non-hydrogen) atoms. The summed E-state index contributed by atoms with van der Waals surface area (Å²) in [6.07, 6.45) is 5.03. The normalized spacial score (nSPS) is 19.8. The monoisotopic (exact) mass is 262 g/mol. The van der Waals surface area contributed by atoms with Crippen LogP contribution in [0.5, 0.6) is 0 Å². The predicted octanol–water partition coefficient (Wildman–Crippen LogP) is 2.87. The number of hydrogen-bond donors (Lipinski definition) is 2. The lowest BCUT2D eigenvalue weighted by Gasteiger charge is -2.30. The third-order valence-corrected chi connectivity index (χ3v) is 4.16. The van der Waals surface area contributed by atoms with E-state index in [1.165, 1.54) is 6.42 Å². The van der Waals surface area contributed by atoms with E-state index in [2.05, 4.69) is 0 Å². The molecular weight excluding hydrogens is 240 g/mol. The van der Waals surface area contributed by atoms with Gasteiger partial charge in [0.05, 0.1) is 12.0 Å². The summed E-state index contributed by atoms with van der Waals surface area (Å²) < 4.78 is 0. The molecule has 0 unspecified atom stereocenters. The predicted molar refractivity (Wildman–Crippen MR) is 73.9 cm³/mol. The van der Waals surface area contributed by atoms with E-state index in [0.29, 0.717) is 6.42 Å². The molecule has 0 aliphatic heterocycles. The van der Waals surface area contributed by atoms with Crippen LogP contribution in [0.25, 0.3) is 0 Å². The fourth-order valence-electron chi connectivity index (χ4n) is 3.03. The van der Waals surface area contributed by atoms with Gasteiger partial charge >= 0.3 is 5.97 Å². The van der Waals surface area contributed by atoms with Crippen molar-refractivity contribution in [1.29, 1.82) is 0 Å². The SMILES string of the molecule is O=C(O)[C@@H](Cc1ccccc1)[C@@H](O)C1CCCCC1. The van der Waals surface area contributed by atoms with Crippen LogP contribution >= 0.6 is 0 Å². The molecule has 1 aromatic carbocycles. The van der Waals surface area contributed by atoms with Crippen molar-refractivity contribution in [3.8, 4) is 0 Å². The average molecular weight is 262 g/mol. The van der Waals surface area contributed by atoms with Crippen LogP contribution in [-0.4, -0.2) is 22.3 Å². The van der Waals surface area contributed by atoms with Crippen molar-refractivity contribution in [2.24, 2.45) is 11.8 Å². The molecule has 1 aliphatic carbocycles. The lowest BCUT2D eigenvalue weighted by atomic mass is 9.78. The Morgan fingerprint density at radius 3 is 2.37 bits per heavy atom. The smallest absolute Gasteiger partial charge is 0.309 e. The van der Waals surface area contributed by atoms with E-state index in [-0.39, 0.29) is 5.92 Å². The van der Waals surface area contributed by atoms with Gasteiger partial charge in [0, 0.05) is 0 Å². The average Bonchev–Trinajstić information content (AvgIpc) is 2.46. The van der Waals surface area contributed by atoms with Gasteiger partial charge in [-0.3, -0.25) is 4.79 Å². The summed E-state index contributed by atoms with van der Waals surface area (Å²) >= 11 is 0. The molecule has 0 radical (unpaired) electrons. The minimum Gasteiger partial charge on any atom is -0.481 e. The molecule has 0 saturated heterocycles. The molecule has 0 aromatic heterocycles. The molecular formula is C16H22O3. The second-order valence-corrected chi connectivity index (χ2v) is 5.52. The molecule has 0 amide bonds. The number of aliphatic hydroxyl groups excluding tert-OH is 1. The van der Waals surface area contributed by atoms with Gasteiger partial charge in [0.2, 0.25) is 0 Å². The molecule has 0 bridgehead atoms. The zero-order valence-electron chi connectivity index (χ0n) is 11.2. The Morgan fingerprint density at radius 2 is 1.79 bits per heavy atom. The van der Waals surface area contributed by atoms with Gasteiger partial charge in [0.1, 0.15) is 0 Å². The number of carbonyl (C=O) groups is 1. The number of rotatable bonds is 5. The third-order valence-electron chi connectivity index (χ3n) is 4.16. The van der Waals surface area contributed by atoms with E-state index >= 15 is 0 Å². The molecule has 1 aromatic rings. The first-order valence-corrected chi connectivity index (χ1v) is 7.13. The van der Waals surface area contributed by atoms with Crippen molar-refractivity contribution in [1.82, 2.24) is 0 Å².